The Labute approximate surface area is 122 Å². The van der Waals surface area contributed by atoms with Gasteiger partial charge in [-0.15, -0.1) is 0 Å². The molecule has 1 aromatic carbocycles. The minimum absolute atomic E-state index is 0.0962. The standard InChI is InChI=1S/C13H17Cl2FN2O/c1-13(2,6-17)7-18(3)12(19)8-4-11(16)10(15)5-9(8)14/h4-5H,6-7,17H2,1-3H3. The van der Waals surface area contributed by atoms with Crippen LogP contribution in [0.3, 0.4) is 0 Å². The van der Waals surface area contributed by atoms with Gasteiger partial charge in [0, 0.05) is 13.6 Å². The Morgan fingerprint density at radius 1 is 1.37 bits per heavy atom. The molecule has 0 atom stereocenters. The molecule has 6 heteroatoms. The number of halogens is 3. The van der Waals surface area contributed by atoms with E-state index in [1.807, 2.05) is 13.8 Å². The number of amides is 1. The van der Waals surface area contributed by atoms with Gasteiger partial charge >= 0.3 is 0 Å². The summed E-state index contributed by atoms with van der Waals surface area (Å²) in [5.74, 6) is -1.03. The first-order chi connectivity index (χ1) is 8.68. The highest BCUT2D eigenvalue weighted by Crippen LogP contribution is 2.26. The maximum Gasteiger partial charge on any atom is 0.255 e. The van der Waals surface area contributed by atoms with Gasteiger partial charge in [-0.05, 0) is 24.1 Å². The molecule has 0 fully saturated rings. The zero-order chi connectivity index (χ0) is 14.8. The highest BCUT2D eigenvalue weighted by atomic mass is 35.5. The van der Waals surface area contributed by atoms with Crippen LogP contribution in [-0.4, -0.2) is 30.9 Å². The smallest absolute Gasteiger partial charge is 0.255 e. The van der Waals surface area contributed by atoms with Crippen LogP contribution in [0.4, 0.5) is 4.39 Å². The van der Waals surface area contributed by atoms with Gasteiger partial charge in [0.25, 0.3) is 5.91 Å². The van der Waals surface area contributed by atoms with Crippen molar-refractivity contribution in [2.24, 2.45) is 11.1 Å². The molecule has 0 aliphatic heterocycles. The maximum absolute atomic E-state index is 13.4. The predicted molar refractivity (Wildman–Crippen MR) is 76.2 cm³/mol. The molecule has 2 N–H and O–H groups in total. The van der Waals surface area contributed by atoms with Gasteiger partial charge in [0.05, 0.1) is 15.6 Å². The molecule has 1 aromatic rings. The molecule has 1 amide bonds. The van der Waals surface area contributed by atoms with Gasteiger partial charge in [0.1, 0.15) is 5.82 Å². The van der Waals surface area contributed by atoms with E-state index in [2.05, 4.69) is 0 Å². The molecule has 0 bridgehead atoms. The molecule has 1 rings (SSSR count). The molecule has 0 radical (unpaired) electrons. The predicted octanol–water partition coefficient (Wildman–Crippen LogP) is 3.19. The summed E-state index contributed by atoms with van der Waals surface area (Å²) in [4.78, 5) is 13.7. The zero-order valence-corrected chi connectivity index (χ0v) is 12.6. The van der Waals surface area contributed by atoms with Crippen molar-refractivity contribution in [1.29, 1.82) is 0 Å². The van der Waals surface area contributed by atoms with E-state index < -0.39 is 5.82 Å². The Bertz CT molecular complexity index is 492. The minimum Gasteiger partial charge on any atom is -0.341 e. The van der Waals surface area contributed by atoms with Gasteiger partial charge in [-0.25, -0.2) is 4.39 Å². The largest absolute Gasteiger partial charge is 0.341 e. The average Bonchev–Trinajstić information content (AvgIpc) is 2.32. The van der Waals surface area contributed by atoms with Gasteiger partial charge in [-0.2, -0.15) is 0 Å². The topological polar surface area (TPSA) is 46.3 Å². The third-order valence-corrected chi connectivity index (χ3v) is 3.41. The number of rotatable bonds is 4. The van der Waals surface area contributed by atoms with E-state index in [-0.39, 0.29) is 26.9 Å². The summed E-state index contributed by atoms with van der Waals surface area (Å²) in [6.45, 7) is 4.78. The summed E-state index contributed by atoms with van der Waals surface area (Å²) in [5, 5.41) is 0.0281. The Morgan fingerprint density at radius 3 is 2.47 bits per heavy atom. The summed E-state index contributed by atoms with van der Waals surface area (Å²) < 4.78 is 13.4. The molecule has 0 aromatic heterocycles. The normalized spacial score (nSPS) is 11.5. The van der Waals surface area contributed by atoms with E-state index >= 15 is 0 Å². The van der Waals surface area contributed by atoms with Gasteiger partial charge in [-0.1, -0.05) is 37.0 Å². The minimum atomic E-state index is -0.666. The molecule has 19 heavy (non-hydrogen) atoms. The van der Waals surface area contributed by atoms with Gasteiger partial charge in [0.15, 0.2) is 0 Å². The fourth-order valence-electron chi connectivity index (χ4n) is 1.67. The van der Waals surface area contributed by atoms with Crippen molar-refractivity contribution < 1.29 is 9.18 Å². The lowest BCUT2D eigenvalue weighted by Crippen LogP contribution is -2.39. The second-order valence-corrected chi connectivity index (χ2v) is 6.09. The first-order valence-electron chi connectivity index (χ1n) is 5.78. The highest BCUT2D eigenvalue weighted by Gasteiger charge is 2.24. The second-order valence-electron chi connectivity index (χ2n) is 5.28. The van der Waals surface area contributed by atoms with E-state index in [0.29, 0.717) is 13.1 Å². The van der Waals surface area contributed by atoms with Crippen molar-refractivity contribution in [3.05, 3.63) is 33.6 Å². The third kappa shape index (κ3) is 4.06. The van der Waals surface area contributed by atoms with Crippen LogP contribution in [0.25, 0.3) is 0 Å². The van der Waals surface area contributed by atoms with Crippen molar-refractivity contribution >= 4 is 29.1 Å². The molecular formula is C13H17Cl2FN2O. The number of carbonyl (C=O) groups is 1. The van der Waals surface area contributed by atoms with Gasteiger partial charge in [0.2, 0.25) is 0 Å². The molecule has 0 saturated heterocycles. The lowest BCUT2D eigenvalue weighted by molar-refractivity contribution is 0.0740. The fourth-order valence-corrected chi connectivity index (χ4v) is 2.13. The van der Waals surface area contributed by atoms with E-state index in [0.717, 1.165) is 6.07 Å². The molecule has 0 saturated carbocycles. The average molecular weight is 307 g/mol. The summed E-state index contributed by atoms with van der Waals surface area (Å²) in [7, 11) is 1.63. The van der Waals surface area contributed by atoms with E-state index in [9.17, 15) is 9.18 Å². The summed E-state index contributed by atoms with van der Waals surface area (Å²) >= 11 is 11.5. The van der Waals surface area contributed by atoms with Crippen LogP contribution in [0.15, 0.2) is 12.1 Å². The molecular weight excluding hydrogens is 290 g/mol. The number of hydrogen-bond donors (Lipinski definition) is 1. The molecule has 0 aliphatic rings. The zero-order valence-electron chi connectivity index (χ0n) is 11.1. The lowest BCUT2D eigenvalue weighted by atomic mass is 9.93. The monoisotopic (exact) mass is 306 g/mol. The van der Waals surface area contributed by atoms with Crippen LogP contribution < -0.4 is 5.73 Å². The van der Waals surface area contributed by atoms with Crippen LogP contribution in [0.2, 0.25) is 10.0 Å². The molecule has 106 valence electrons. The van der Waals surface area contributed by atoms with Gasteiger partial charge in [-0.3, -0.25) is 4.79 Å². The van der Waals surface area contributed by atoms with Crippen molar-refractivity contribution in [3.8, 4) is 0 Å². The van der Waals surface area contributed by atoms with E-state index in [4.69, 9.17) is 28.9 Å². The number of hydrogen-bond acceptors (Lipinski definition) is 2. The Balaban J connectivity index is 2.98. The second kappa shape index (κ2) is 6.07. The molecule has 0 heterocycles. The lowest BCUT2D eigenvalue weighted by Gasteiger charge is -2.29. The van der Waals surface area contributed by atoms with E-state index in [1.54, 1.807) is 7.05 Å². The van der Waals surface area contributed by atoms with Crippen LogP contribution in [-0.2, 0) is 0 Å². The number of benzene rings is 1. The summed E-state index contributed by atoms with van der Waals surface area (Å²) in [5.41, 5.74) is 5.50. The van der Waals surface area contributed by atoms with Crippen LogP contribution in [0, 0.1) is 11.2 Å². The first kappa shape index (κ1) is 16.2. The highest BCUT2D eigenvalue weighted by molar-refractivity contribution is 6.36. The van der Waals surface area contributed by atoms with Crippen molar-refractivity contribution in [3.63, 3.8) is 0 Å². The molecule has 3 nitrogen and oxygen atoms in total. The SMILES string of the molecule is CN(CC(C)(C)CN)C(=O)c1cc(F)c(Cl)cc1Cl. The number of nitrogens with two attached hydrogens (primary N) is 1. The van der Waals surface area contributed by atoms with Crippen LogP contribution in [0.1, 0.15) is 24.2 Å². The van der Waals surface area contributed by atoms with E-state index in [1.165, 1.54) is 11.0 Å². The Morgan fingerprint density at radius 2 is 1.95 bits per heavy atom. The molecule has 0 aliphatic carbocycles. The summed E-state index contributed by atoms with van der Waals surface area (Å²) in [6.07, 6.45) is 0. The van der Waals surface area contributed by atoms with Crippen molar-refractivity contribution in [2.45, 2.75) is 13.8 Å². The Kier molecular flexibility index (Phi) is 5.18. The molecule has 0 spiro atoms. The van der Waals surface area contributed by atoms with Crippen molar-refractivity contribution in [2.75, 3.05) is 20.1 Å². The molecule has 0 unspecified atom stereocenters. The third-order valence-electron chi connectivity index (χ3n) is 2.80. The van der Waals surface area contributed by atoms with Gasteiger partial charge < -0.3 is 10.6 Å². The number of nitrogens with zero attached hydrogens (tertiary/aromatic N) is 1. The van der Waals surface area contributed by atoms with Crippen LogP contribution in [0.5, 0.6) is 0 Å². The number of carbonyl (C=O) groups excluding carboxylic acids is 1. The fraction of sp³-hybridized carbons (Fsp3) is 0.462. The quantitative estimate of drug-likeness (QED) is 0.868. The van der Waals surface area contributed by atoms with Crippen LogP contribution >= 0.6 is 23.2 Å². The van der Waals surface area contributed by atoms with Crippen molar-refractivity contribution in [1.82, 2.24) is 4.90 Å². The maximum atomic E-state index is 13.4. The Hall–Kier alpha value is -0.840. The first-order valence-corrected chi connectivity index (χ1v) is 6.53. The summed E-state index contributed by atoms with van der Waals surface area (Å²) in [6, 6.07) is 2.28.